The largest absolute Gasteiger partial charge is 0.458 e. The number of furan rings is 1. The molecular formula is C13H18ClNOS. The van der Waals surface area contributed by atoms with Crippen molar-refractivity contribution in [3.8, 4) is 0 Å². The van der Waals surface area contributed by atoms with Gasteiger partial charge in [0.1, 0.15) is 16.6 Å². The Bertz CT molecular complexity index is 437. The van der Waals surface area contributed by atoms with Crippen molar-refractivity contribution in [2.75, 3.05) is 0 Å². The van der Waals surface area contributed by atoms with E-state index in [1.165, 1.54) is 0 Å². The van der Waals surface area contributed by atoms with Crippen LogP contribution in [0.25, 0.3) is 5.57 Å². The van der Waals surface area contributed by atoms with Gasteiger partial charge in [0.05, 0.1) is 0 Å². The molecule has 1 rings (SSSR count). The van der Waals surface area contributed by atoms with Gasteiger partial charge in [0.25, 0.3) is 0 Å². The Kier molecular flexibility index (Phi) is 5.34. The van der Waals surface area contributed by atoms with Gasteiger partial charge in [-0.1, -0.05) is 32.0 Å². The van der Waals surface area contributed by atoms with Crippen LogP contribution in [-0.2, 0) is 5.75 Å². The summed E-state index contributed by atoms with van der Waals surface area (Å²) in [6.07, 6.45) is 0.960. The molecule has 0 saturated carbocycles. The fourth-order valence-corrected chi connectivity index (χ4v) is 1.69. The summed E-state index contributed by atoms with van der Waals surface area (Å²) < 4.78 is 5.60. The first-order valence-corrected chi connectivity index (χ1v) is 6.64. The van der Waals surface area contributed by atoms with E-state index in [9.17, 15) is 0 Å². The lowest BCUT2D eigenvalue weighted by Crippen LogP contribution is -2.01. The van der Waals surface area contributed by atoms with Gasteiger partial charge in [0, 0.05) is 17.7 Å². The number of hydrogen-bond acceptors (Lipinski definition) is 3. The molecule has 1 aromatic heterocycles. The second kappa shape index (κ2) is 6.31. The van der Waals surface area contributed by atoms with Crippen LogP contribution in [0.2, 0.25) is 0 Å². The first-order valence-electron chi connectivity index (χ1n) is 5.63. The summed E-state index contributed by atoms with van der Waals surface area (Å²) in [6, 6.07) is 1.86. The van der Waals surface area contributed by atoms with Crippen LogP contribution in [0.15, 0.2) is 22.1 Å². The molecule has 2 nitrogen and oxygen atoms in total. The molecule has 0 fully saturated rings. The quantitative estimate of drug-likeness (QED) is 0.588. The van der Waals surface area contributed by atoms with Gasteiger partial charge in [0.15, 0.2) is 5.76 Å². The van der Waals surface area contributed by atoms with E-state index in [1.807, 2.05) is 19.9 Å². The summed E-state index contributed by atoms with van der Waals surface area (Å²) in [4.78, 5) is 4.41. The third-order valence-electron chi connectivity index (χ3n) is 2.55. The second-order valence-electron chi connectivity index (χ2n) is 4.11. The van der Waals surface area contributed by atoms with Crippen molar-refractivity contribution in [3.05, 3.63) is 24.2 Å². The molecular weight excluding hydrogens is 254 g/mol. The average Bonchev–Trinajstić information content (AvgIpc) is 2.71. The lowest BCUT2D eigenvalue weighted by Gasteiger charge is -2.05. The Hall–Kier alpha value is -0.670. The third kappa shape index (κ3) is 3.65. The van der Waals surface area contributed by atoms with Gasteiger partial charge in [0.2, 0.25) is 0 Å². The highest BCUT2D eigenvalue weighted by Gasteiger charge is 2.13. The first kappa shape index (κ1) is 14.4. The summed E-state index contributed by atoms with van der Waals surface area (Å²) >= 11 is 10.3. The first-order chi connectivity index (χ1) is 7.99. The molecule has 0 spiro atoms. The van der Waals surface area contributed by atoms with Gasteiger partial charge >= 0.3 is 0 Å². The van der Waals surface area contributed by atoms with E-state index in [0.717, 1.165) is 23.4 Å². The van der Waals surface area contributed by atoms with Crippen molar-refractivity contribution < 1.29 is 4.42 Å². The van der Waals surface area contributed by atoms with E-state index in [4.69, 9.17) is 16.0 Å². The SMILES string of the molecule is C=C(C)c1oc(CS)cc1/N=C(/Cl)C(C)CC. The minimum atomic E-state index is 0.254. The van der Waals surface area contributed by atoms with Crippen LogP contribution in [0.4, 0.5) is 5.69 Å². The molecule has 1 aromatic rings. The molecule has 4 heteroatoms. The van der Waals surface area contributed by atoms with Crippen LogP contribution in [0.3, 0.4) is 0 Å². The minimum absolute atomic E-state index is 0.254. The van der Waals surface area contributed by atoms with Crippen LogP contribution < -0.4 is 0 Å². The van der Waals surface area contributed by atoms with Crippen LogP contribution in [-0.4, -0.2) is 5.17 Å². The van der Waals surface area contributed by atoms with E-state index in [0.29, 0.717) is 16.7 Å². The summed E-state index contributed by atoms with van der Waals surface area (Å²) in [5, 5.41) is 0.599. The smallest absolute Gasteiger partial charge is 0.155 e. The molecule has 0 aliphatic rings. The molecule has 1 atom stereocenters. The topological polar surface area (TPSA) is 25.5 Å². The number of hydrogen-bond donors (Lipinski definition) is 1. The van der Waals surface area contributed by atoms with Gasteiger partial charge in [-0.25, -0.2) is 4.99 Å². The van der Waals surface area contributed by atoms with E-state index >= 15 is 0 Å². The van der Waals surface area contributed by atoms with Crippen molar-refractivity contribution in [2.24, 2.45) is 10.9 Å². The van der Waals surface area contributed by atoms with E-state index in [-0.39, 0.29) is 5.92 Å². The van der Waals surface area contributed by atoms with Crippen molar-refractivity contribution in [2.45, 2.75) is 32.9 Å². The zero-order valence-corrected chi connectivity index (χ0v) is 12.1. The Morgan fingerprint density at radius 3 is 2.76 bits per heavy atom. The molecule has 0 amide bonds. The Labute approximate surface area is 113 Å². The monoisotopic (exact) mass is 271 g/mol. The van der Waals surface area contributed by atoms with Gasteiger partial charge in [-0.05, 0) is 18.9 Å². The standard InChI is InChI=1S/C13H18ClNOS/c1-5-9(4)13(14)15-11-6-10(7-17)16-12(11)8(2)3/h6,9,17H,2,5,7H2,1,3-4H3/b15-13+. The van der Waals surface area contributed by atoms with Gasteiger partial charge in [-0.3, -0.25) is 0 Å². The lowest BCUT2D eigenvalue weighted by atomic mass is 10.1. The number of aliphatic imine (C=N–C) groups is 1. The molecule has 0 saturated heterocycles. The van der Waals surface area contributed by atoms with Gasteiger partial charge < -0.3 is 4.42 Å². The molecule has 0 radical (unpaired) electrons. The molecule has 1 heterocycles. The average molecular weight is 272 g/mol. The highest BCUT2D eigenvalue weighted by atomic mass is 35.5. The van der Waals surface area contributed by atoms with Crippen molar-refractivity contribution >= 4 is 40.7 Å². The summed E-state index contributed by atoms with van der Waals surface area (Å²) in [6.45, 7) is 9.89. The number of halogens is 1. The fraction of sp³-hybridized carbons (Fsp3) is 0.462. The Morgan fingerprint density at radius 1 is 1.65 bits per heavy atom. The number of nitrogens with zero attached hydrogens (tertiary/aromatic N) is 1. The van der Waals surface area contributed by atoms with E-state index < -0.39 is 0 Å². The van der Waals surface area contributed by atoms with Crippen molar-refractivity contribution in [1.82, 2.24) is 0 Å². The number of thiol groups is 1. The van der Waals surface area contributed by atoms with E-state index in [2.05, 4.69) is 31.1 Å². The fourth-order valence-electron chi connectivity index (χ4n) is 1.29. The molecule has 0 aliphatic heterocycles. The Balaban J connectivity index is 3.12. The van der Waals surface area contributed by atoms with Crippen molar-refractivity contribution in [3.63, 3.8) is 0 Å². The molecule has 17 heavy (non-hydrogen) atoms. The maximum absolute atomic E-state index is 6.15. The third-order valence-corrected chi connectivity index (χ3v) is 3.32. The predicted molar refractivity (Wildman–Crippen MR) is 78.5 cm³/mol. The second-order valence-corrected chi connectivity index (χ2v) is 4.81. The van der Waals surface area contributed by atoms with Gasteiger partial charge in [-0.15, -0.1) is 0 Å². The van der Waals surface area contributed by atoms with E-state index in [1.54, 1.807) is 0 Å². The summed E-state index contributed by atoms with van der Waals surface area (Å²) in [5.74, 6) is 2.26. The Morgan fingerprint density at radius 2 is 2.29 bits per heavy atom. The highest BCUT2D eigenvalue weighted by molar-refractivity contribution is 7.79. The molecule has 0 aromatic carbocycles. The minimum Gasteiger partial charge on any atom is -0.458 e. The zero-order valence-electron chi connectivity index (χ0n) is 10.5. The van der Waals surface area contributed by atoms with Crippen LogP contribution in [0.5, 0.6) is 0 Å². The van der Waals surface area contributed by atoms with Gasteiger partial charge in [-0.2, -0.15) is 12.6 Å². The molecule has 0 bridgehead atoms. The number of rotatable bonds is 5. The molecule has 1 unspecified atom stereocenters. The highest BCUT2D eigenvalue weighted by Crippen LogP contribution is 2.31. The lowest BCUT2D eigenvalue weighted by molar-refractivity contribution is 0.518. The maximum Gasteiger partial charge on any atom is 0.155 e. The normalized spacial score (nSPS) is 13.8. The van der Waals surface area contributed by atoms with Crippen LogP contribution >= 0.6 is 24.2 Å². The molecule has 0 aliphatic carbocycles. The summed E-state index contributed by atoms with van der Waals surface area (Å²) in [5.41, 5.74) is 1.58. The summed E-state index contributed by atoms with van der Waals surface area (Å²) in [7, 11) is 0. The zero-order chi connectivity index (χ0) is 13.0. The predicted octanol–water partition coefficient (Wildman–Crippen LogP) is 5.06. The van der Waals surface area contributed by atoms with Crippen LogP contribution in [0, 0.1) is 5.92 Å². The number of allylic oxidation sites excluding steroid dienone is 1. The maximum atomic E-state index is 6.15. The van der Waals surface area contributed by atoms with Crippen LogP contribution in [0.1, 0.15) is 38.7 Å². The van der Waals surface area contributed by atoms with Crippen molar-refractivity contribution in [1.29, 1.82) is 0 Å². The molecule has 94 valence electrons. The molecule has 0 N–H and O–H groups in total.